The van der Waals surface area contributed by atoms with Crippen molar-refractivity contribution >= 4 is 11.8 Å². The SMILES string of the molecule is O=C(COc1cccc(C(=O)N2CCC(c3cc(CO)ccc3F)CC2)c1)N1C[C@@H](O)[C@@H](O)C1. The van der Waals surface area contributed by atoms with Gasteiger partial charge in [0.25, 0.3) is 11.8 Å². The smallest absolute Gasteiger partial charge is 0.260 e. The van der Waals surface area contributed by atoms with Crippen LogP contribution in [-0.4, -0.2) is 81.9 Å². The van der Waals surface area contributed by atoms with Gasteiger partial charge in [-0.05, 0) is 54.2 Å². The van der Waals surface area contributed by atoms with Crippen molar-refractivity contribution in [2.24, 2.45) is 0 Å². The Balaban J connectivity index is 1.33. The maximum absolute atomic E-state index is 14.3. The average molecular weight is 473 g/mol. The van der Waals surface area contributed by atoms with E-state index in [1.165, 1.54) is 11.0 Å². The van der Waals surface area contributed by atoms with Crippen molar-refractivity contribution in [3.8, 4) is 5.75 Å². The molecule has 2 amide bonds. The summed E-state index contributed by atoms with van der Waals surface area (Å²) in [5.41, 5.74) is 1.68. The molecular weight excluding hydrogens is 443 g/mol. The lowest BCUT2D eigenvalue weighted by molar-refractivity contribution is -0.132. The molecule has 0 saturated carbocycles. The minimum absolute atomic E-state index is 0.0149. The standard InChI is InChI=1S/C25H29FN2O6/c26-21-5-4-16(14-29)10-20(21)17-6-8-27(9-7-17)25(33)18-2-1-3-19(11-18)34-15-24(32)28-12-22(30)23(31)13-28/h1-5,10-11,17,22-23,29-31H,6-9,12-15H2/t22-,23+. The summed E-state index contributed by atoms with van der Waals surface area (Å²) in [4.78, 5) is 28.3. The second-order valence-corrected chi connectivity index (χ2v) is 8.83. The molecule has 4 rings (SSSR count). The number of benzene rings is 2. The average Bonchev–Trinajstić information content (AvgIpc) is 3.21. The monoisotopic (exact) mass is 472 g/mol. The highest BCUT2D eigenvalue weighted by molar-refractivity contribution is 5.94. The molecule has 0 bridgehead atoms. The number of β-amino-alcohol motifs (C(OH)–C–C–N with tert-alkyl or cyclic N) is 2. The Morgan fingerprint density at radius 3 is 2.38 bits per heavy atom. The third kappa shape index (κ3) is 5.38. The summed E-state index contributed by atoms with van der Waals surface area (Å²) >= 11 is 0. The van der Waals surface area contributed by atoms with Crippen LogP contribution in [0.5, 0.6) is 5.75 Å². The molecule has 2 aliphatic rings. The minimum Gasteiger partial charge on any atom is -0.484 e. The first-order valence-corrected chi connectivity index (χ1v) is 11.4. The second kappa shape index (κ2) is 10.5. The first-order chi connectivity index (χ1) is 16.4. The fourth-order valence-electron chi connectivity index (χ4n) is 4.51. The number of hydrogen-bond acceptors (Lipinski definition) is 6. The molecule has 8 nitrogen and oxygen atoms in total. The summed E-state index contributed by atoms with van der Waals surface area (Å²) in [7, 11) is 0. The van der Waals surface area contributed by atoms with Crippen LogP contribution in [0.1, 0.15) is 40.2 Å². The number of aliphatic hydroxyl groups excluding tert-OH is 3. The second-order valence-electron chi connectivity index (χ2n) is 8.83. The van der Waals surface area contributed by atoms with E-state index in [2.05, 4.69) is 0 Å². The van der Waals surface area contributed by atoms with Gasteiger partial charge < -0.3 is 29.9 Å². The molecule has 0 unspecified atom stereocenters. The highest BCUT2D eigenvalue weighted by atomic mass is 19.1. The fourth-order valence-corrected chi connectivity index (χ4v) is 4.51. The summed E-state index contributed by atoms with van der Waals surface area (Å²) in [6, 6.07) is 11.2. The zero-order valence-corrected chi connectivity index (χ0v) is 18.8. The van der Waals surface area contributed by atoms with Crippen LogP contribution >= 0.6 is 0 Å². The van der Waals surface area contributed by atoms with E-state index < -0.39 is 12.2 Å². The van der Waals surface area contributed by atoms with Gasteiger partial charge in [-0.1, -0.05) is 18.2 Å². The molecular formula is C25H29FN2O6. The molecule has 2 saturated heterocycles. The first kappa shape index (κ1) is 24.1. The molecule has 2 aliphatic heterocycles. The number of aliphatic hydroxyl groups is 3. The van der Waals surface area contributed by atoms with Crippen molar-refractivity contribution in [1.82, 2.24) is 9.80 Å². The lowest BCUT2D eigenvalue weighted by Crippen LogP contribution is -2.38. The van der Waals surface area contributed by atoms with Crippen LogP contribution in [0, 0.1) is 5.82 Å². The van der Waals surface area contributed by atoms with E-state index in [4.69, 9.17) is 4.74 Å². The molecule has 3 N–H and O–H groups in total. The summed E-state index contributed by atoms with van der Waals surface area (Å²) < 4.78 is 19.8. The van der Waals surface area contributed by atoms with Gasteiger partial charge in [-0.2, -0.15) is 0 Å². The van der Waals surface area contributed by atoms with Crippen LogP contribution in [-0.2, 0) is 11.4 Å². The van der Waals surface area contributed by atoms with Gasteiger partial charge in [0.1, 0.15) is 11.6 Å². The molecule has 2 heterocycles. The minimum atomic E-state index is -0.954. The van der Waals surface area contributed by atoms with E-state index in [1.807, 2.05) is 0 Å². The first-order valence-electron chi connectivity index (χ1n) is 11.4. The molecule has 0 aliphatic carbocycles. The van der Waals surface area contributed by atoms with E-state index in [9.17, 15) is 29.3 Å². The molecule has 2 aromatic rings. The van der Waals surface area contributed by atoms with E-state index in [1.54, 1.807) is 41.3 Å². The van der Waals surface area contributed by atoms with E-state index in [-0.39, 0.29) is 49.9 Å². The van der Waals surface area contributed by atoms with Gasteiger partial charge in [0.05, 0.1) is 18.8 Å². The van der Waals surface area contributed by atoms with E-state index in [0.717, 1.165) is 0 Å². The number of ether oxygens (including phenoxy) is 1. The number of likely N-dealkylation sites (tertiary alicyclic amines) is 2. The predicted molar refractivity (Wildman–Crippen MR) is 121 cm³/mol. The Hall–Kier alpha value is -3.01. The summed E-state index contributed by atoms with van der Waals surface area (Å²) in [6.45, 7) is 0.681. The zero-order valence-electron chi connectivity index (χ0n) is 18.8. The van der Waals surface area contributed by atoms with Crippen LogP contribution < -0.4 is 4.74 Å². The fraction of sp³-hybridized carbons (Fsp3) is 0.440. The number of rotatable bonds is 6. The van der Waals surface area contributed by atoms with Crippen LogP contribution in [0.2, 0.25) is 0 Å². The van der Waals surface area contributed by atoms with Crippen LogP contribution in [0.4, 0.5) is 4.39 Å². The van der Waals surface area contributed by atoms with E-state index in [0.29, 0.717) is 48.4 Å². The predicted octanol–water partition coefficient (Wildman–Crippen LogP) is 1.28. The molecule has 2 aromatic carbocycles. The molecule has 9 heteroatoms. The van der Waals surface area contributed by atoms with Gasteiger partial charge in [-0.3, -0.25) is 9.59 Å². The quantitative estimate of drug-likeness (QED) is 0.584. The number of piperidine rings is 1. The van der Waals surface area contributed by atoms with Crippen molar-refractivity contribution in [1.29, 1.82) is 0 Å². The Kier molecular flexibility index (Phi) is 7.45. The third-order valence-electron chi connectivity index (χ3n) is 6.52. The van der Waals surface area contributed by atoms with Gasteiger partial charge in [-0.15, -0.1) is 0 Å². The van der Waals surface area contributed by atoms with Crippen molar-refractivity contribution in [2.45, 2.75) is 37.6 Å². The Morgan fingerprint density at radius 2 is 1.71 bits per heavy atom. The highest BCUT2D eigenvalue weighted by Gasteiger charge is 2.32. The topological polar surface area (TPSA) is 111 Å². The van der Waals surface area contributed by atoms with Crippen LogP contribution in [0.15, 0.2) is 42.5 Å². The van der Waals surface area contributed by atoms with Crippen molar-refractivity contribution < 1.29 is 34.0 Å². The van der Waals surface area contributed by atoms with Crippen molar-refractivity contribution in [3.05, 3.63) is 65.0 Å². The molecule has 0 radical (unpaired) electrons. The number of amides is 2. The molecule has 0 spiro atoms. The Bertz CT molecular complexity index is 1030. The van der Waals surface area contributed by atoms with Gasteiger partial charge in [-0.25, -0.2) is 4.39 Å². The Labute approximate surface area is 197 Å². The van der Waals surface area contributed by atoms with Crippen LogP contribution in [0.25, 0.3) is 0 Å². The Morgan fingerprint density at radius 1 is 1.00 bits per heavy atom. The summed E-state index contributed by atoms with van der Waals surface area (Å²) in [5.74, 6) is -0.451. The molecule has 2 fully saturated rings. The summed E-state index contributed by atoms with van der Waals surface area (Å²) in [6.07, 6.45) is -0.667. The molecule has 2 atom stereocenters. The number of carbonyl (C=O) groups excluding carboxylic acids is 2. The summed E-state index contributed by atoms with van der Waals surface area (Å²) in [5, 5.41) is 28.5. The molecule has 34 heavy (non-hydrogen) atoms. The van der Waals surface area contributed by atoms with E-state index >= 15 is 0 Å². The third-order valence-corrected chi connectivity index (χ3v) is 6.52. The zero-order chi connectivity index (χ0) is 24.2. The normalized spacial score (nSPS) is 21.1. The largest absolute Gasteiger partial charge is 0.484 e. The highest BCUT2D eigenvalue weighted by Crippen LogP contribution is 2.31. The number of carbonyl (C=O) groups is 2. The maximum Gasteiger partial charge on any atom is 0.260 e. The van der Waals surface area contributed by atoms with Crippen molar-refractivity contribution in [2.75, 3.05) is 32.8 Å². The van der Waals surface area contributed by atoms with Gasteiger partial charge in [0.2, 0.25) is 0 Å². The van der Waals surface area contributed by atoms with Gasteiger partial charge in [0.15, 0.2) is 6.61 Å². The number of halogens is 1. The molecule has 182 valence electrons. The lowest BCUT2D eigenvalue weighted by Gasteiger charge is -2.32. The molecule has 0 aromatic heterocycles. The van der Waals surface area contributed by atoms with Crippen molar-refractivity contribution in [3.63, 3.8) is 0 Å². The number of hydrogen-bond donors (Lipinski definition) is 3. The van der Waals surface area contributed by atoms with Gasteiger partial charge >= 0.3 is 0 Å². The number of nitrogens with zero attached hydrogens (tertiary/aromatic N) is 2. The maximum atomic E-state index is 14.3. The van der Waals surface area contributed by atoms with Gasteiger partial charge in [0, 0.05) is 31.7 Å². The lowest BCUT2D eigenvalue weighted by atomic mass is 9.88. The van der Waals surface area contributed by atoms with Crippen LogP contribution in [0.3, 0.4) is 0 Å².